The lowest BCUT2D eigenvalue weighted by molar-refractivity contribution is -0.161. The van der Waals surface area contributed by atoms with Gasteiger partial charge in [-0.3, -0.25) is 18.6 Å². The molecule has 3 N–H and O–H groups in total. The molecule has 2 unspecified atom stereocenters. The fourth-order valence-electron chi connectivity index (χ4n) is 13.1. The molecule has 0 aromatic rings. The van der Waals surface area contributed by atoms with E-state index in [1.807, 2.05) is 0 Å². The number of ether oxygens (including phenoxy) is 2. The molecule has 0 spiro atoms. The van der Waals surface area contributed by atoms with Gasteiger partial charge >= 0.3 is 19.8 Å². The zero-order valence-corrected chi connectivity index (χ0v) is 65.5. The van der Waals surface area contributed by atoms with Crippen LogP contribution in [0.2, 0.25) is 0 Å². The molecule has 0 saturated heterocycles. The van der Waals surface area contributed by atoms with E-state index >= 15 is 0 Å². The van der Waals surface area contributed by atoms with Gasteiger partial charge in [0.15, 0.2) is 6.10 Å². The minimum Gasteiger partial charge on any atom is -0.462 e. The molecule has 0 heterocycles. The smallest absolute Gasteiger partial charge is 0.462 e. The third-order valence-electron chi connectivity index (χ3n) is 19.4. The second-order valence-corrected chi connectivity index (χ2v) is 30.5. The molecule has 97 heavy (non-hydrogen) atoms. The van der Waals surface area contributed by atoms with Gasteiger partial charge in [0.25, 0.3) is 0 Å². The molecule has 0 rings (SSSR count). The van der Waals surface area contributed by atoms with Gasteiger partial charge in [0.1, 0.15) is 6.61 Å². The van der Waals surface area contributed by atoms with Crippen LogP contribution in [0.25, 0.3) is 0 Å². The molecule has 0 bridgehead atoms. The summed E-state index contributed by atoms with van der Waals surface area (Å²) in [6.07, 6.45) is 110. The summed E-state index contributed by atoms with van der Waals surface area (Å²) in [7, 11) is -4.40. The molecule has 0 aliphatic carbocycles. The van der Waals surface area contributed by atoms with Gasteiger partial charge in [-0.15, -0.1) is 0 Å². The monoisotopic (exact) mass is 1380 g/mol. The number of hydrogen-bond donors (Lipinski definition) is 2. The topological polar surface area (TPSA) is 134 Å². The Hall–Kier alpha value is -2.29. The Bertz CT molecular complexity index is 1780. The van der Waals surface area contributed by atoms with Crippen molar-refractivity contribution < 1.29 is 37.6 Å². The number of hydrogen-bond acceptors (Lipinski definition) is 8. The van der Waals surface area contributed by atoms with Crippen LogP contribution in [0.5, 0.6) is 0 Å². The Morgan fingerprint density at radius 3 is 0.856 bits per heavy atom. The van der Waals surface area contributed by atoms with Crippen molar-refractivity contribution in [2.75, 3.05) is 26.4 Å². The number of allylic oxidation sites excluding steroid dienone is 10. The first-order valence-corrected chi connectivity index (χ1v) is 44.3. The van der Waals surface area contributed by atoms with E-state index in [0.29, 0.717) is 6.42 Å². The highest BCUT2D eigenvalue weighted by atomic mass is 31.2. The van der Waals surface area contributed by atoms with Crippen LogP contribution in [0, 0.1) is 0 Å². The van der Waals surface area contributed by atoms with Gasteiger partial charge < -0.3 is 20.1 Å². The van der Waals surface area contributed by atoms with E-state index in [1.165, 1.54) is 360 Å². The summed E-state index contributed by atoms with van der Waals surface area (Å²) < 4.78 is 33.3. The zero-order chi connectivity index (χ0) is 70.0. The maximum atomic E-state index is 12.8. The molecule has 0 aliphatic heterocycles. The molecule has 0 radical (unpaired) electrons. The van der Waals surface area contributed by atoms with Crippen LogP contribution >= 0.6 is 7.82 Å². The first-order chi connectivity index (χ1) is 47.8. The third-order valence-corrected chi connectivity index (χ3v) is 20.4. The highest BCUT2D eigenvalue weighted by Crippen LogP contribution is 2.43. The van der Waals surface area contributed by atoms with E-state index in [2.05, 4.69) is 74.6 Å². The predicted molar refractivity (Wildman–Crippen MR) is 423 cm³/mol. The molecule has 10 heteroatoms. The first kappa shape index (κ1) is 94.7. The Balaban J connectivity index is 3.71. The number of carbonyl (C=O) groups is 2. The lowest BCUT2D eigenvalue weighted by atomic mass is 10.0. The van der Waals surface area contributed by atoms with Gasteiger partial charge in [0.05, 0.1) is 13.2 Å². The van der Waals surface area contributed by atoms with E-state index in [9.17, 15) is 19.0 Å². The summed E-state index contributed by atoms with van der Waals surface area (Å²) >= 11 is 0. The largest absolute Gasteiger partial charge is 0.472 e. The normalized spacial score (nSPS) is 13.1. The molecule has 570 valence electrons. The van der Waals surface area contributed by atoms with Crippen LogP contribution in [-0.2, 0) is 32.7 Å². The summed E-state index contributed by atoms with van der Waals surface area (Å²) in [6.45, 7) is 3.71. The SMILES string of the molecule is CC/C=C\C/C=C\C/C=C\C/C=C\CCCCCCCCCCCCCCCCCCCCCCCCC(=O)OC(COC(=O)CCCCCCCCCCCCCCCCCCCCCCCCCCCCCCC/C=C\CCCCCCCCCC)COP(=O)(O)OCCN. The average Bonchev–Trinajstić information content (AvgIpc) is 2.69. The Labute approximate surface area is 603 Å². The standard InChI is InChI=1S/C87H164NO8P/c1-3-5-7-9-11-13-15-17-19-21-23-25-27-29-31-33-35-37-39-40-41-42-43-44-46-47-49-51-53-55-57-59-61-63-65-67-69-71-73-75-77-79-86(89)93-83-85(84-95-97(91,92)94-82-81-88)96-87(90)80-78-76-74-72-70-68-66-64-62-60-58-56-54-52-50-48-45-38-36-34-32-30-28-26-24-22-20-18-16-14-12-10-8-6-4-2/h6,8,12,14,18,20-21,23-24,26,85H,3-5,7,9-11,13,15-17,19,22,25,27-84,88H2,1-2H3,(H,91,92)/b8-6-,14-12-,20-18-,23-21-,26-24-. The van der Waals surface area contributed by atoms with Crippen molar-refractivity contribution in [3.63, 3.8) is 0 Å². The lowest BCUT2D eigenvalue weighted by Crippen LogP contribution is -2.29. The molecule has 0 fully saturated rings. The number of unbranched alkanes of at least 4 members (excludes halogenated alkanes) is 59. The van der Waals surface area contributed by atoms with Crippen molar-refractivity contribution in [3.05, 3.63) is 60.8 Å². The van der Waals surface area contributed by atoms with Crippen molar-refractivity contribution in [2.45, 2.75) is 457 Å². The Kier molecular flexibility index (Phi) is 80.7. The molecule has 0 saturated carbocycles. The summed E-state index contributed by atoms with van der Waals surface area (Å²) in [5, 5.41) is 0. The summed E-state index contributed by atoms with van der Waals surface area (Å²) in [5.74, 6) is -0.801. The van der Waals surface area contributed by atoms with Crippen molar-refractivity contribution in [1.29, 1.82) is 0 Å². The Morgan fingerprint density at radius 2 is 0.567 bits per heavy atom. The fourth-order valence-corrected chi connectivity index (χ4v) is 13.9. The van der Waals surface area contributed by atoms with Crippen LogP contribution in [0.15, 0.2) is 60.8 Å². The highest BCUT2D eigenvalue weighted by Gasteiger charge is 2.26. The van der Waals surface area contributed by atoms with Crippen LogP contribution in [-0.4, -0.2) is 49.3 Å². The van der Waals surface area contributed by atoms with Gasteiger partial charge in [-0.25, -0.2) is 4.57 Å². The second kappa shape index (κ2) is 82.7. The minimum atomic E-state index is -4.40. The average molecular weight is 1380 g/mol. The van der Waals surface area contributed by atoms with Gasteiger partial charge in [-0.05, 0) is 77.0 Å². The highest BCUT2D eigenvalue weighted by molar-refractivity contribution is 7.47. The molecule has 0 aromatic carbocycles. The van der Waals surface area contributed by atoms with E-state index in [1.54, 1.807) is 0 Å². The number of phosphoric acid groups is 1. The number of phosphoric ester groups is 1. The van der Waals surface area contributed by atoms with Gasteiger partial charge in [-0.2, -0.15) is 0 Å². The van der Waals surface area contributed by atoms with Gasteiger partial charge in [0, 0.05) is 19.4 Å². The zero-order valence-electron chi connectivity index (χ0n) is 64.6. The van der Waals surface area contributed by atoms with Crippen molar-refractivity contribution in [3.8, 4) is 0 Å². The molecule has 9 nitrogen and oxygen atoms in total. The lowest BCUT2D eigenvalue weighted by Gasteiger charge is -2.19. The summed E-state index contributed by atoms with van der Waals surface area (Å²) in [6, 6.07) is 0. The predicted octanol–water partition coefficient (Wildman–Crippen LogP) is 28.9. The second-order valence-electron chi connectivity index (χ2n) is 29.0. The molecular formula is C87H164NO8P. The number of carbonyl (C=O) groups excluding carboxylic acids is 2. The first-order valence-electron chi connectivity index (χ1n) is 42.8. The molecule has 0 amide bonds. The molecule has 0 aromatic heterocycles. The van der Waals surface area contributed by atoms with E-state index in [4.69, 9.17) is 24.3 Å². The number of esters is 2. The van der Waals surface area contributed by atoms with Crippen molar-refractivity contribution >= 4 is 19.8 Å². The molecule has 0 aliphatic rings. The van der Waals surface area contributed by atoms with E-state index in [-0.39, 0.29) is 38.6 Å². The number of nitrogens with two attached hydrogens (primary N) is 1. The summed E-state index contributed by atoms with van der Waals surface area (Å²) in [5.41, 5.74) is 5.42. The van der Waals surface area contributed by atoms with Crippen LogP contribution in [0.1, 0.15) is 450 Å². The minimum absolute atomic E-state index is 0.0558. The summed E-state index contributed by atoms with van der Waals surface area (Å²) in [4.78, 5) is 35.5. The van der Waals surface area contributed by atoms with Crippen molar-refractivity contribution in [2.24, 2.45) is 5.73 Å². The van der Waals surface area contributed by atoms with Crippen LogP contribution in [0.3, 0.4) is 0 Å². The maximum absolute atomic E-state index is 12.8. The quantitative estimate of drug-likeness (QED) is 0.0264. The van der Waals surface area contributed by atoms with E-state index < -0.39 is 26.5 Å². The molecular weight excluding hydrogens is 1220 g/mol. The molecule has 2 atom stereocenters. The Morgan fingerprint density at radius 1 is 0.320 bits per heavy atom. The number of rotatable bonds is 82. The van der Waals surface area contributed by atoms with Crippen LogP contribution < -0.4 is 5.73 Å². The maximum Gasteiger partial charge on any atom is 0.472 e. The van der Waals surface area contributed by atoms with Crippen molar-refractivity contribution in [1.82, 2.24) is 0 Å². The fraction of sp³-hybridized carbons (Fsp3) is 0.862. The van der Waals surface area contributed by atoms with Crippen LogP contribution in [0.4, 0.5) is 0 Å². The van der Waals surface area contributed by atoms with E-state index in [0.717, 1.165) is 57.8 Å². The third kappa shape index (κ3) is 82.6. The van der Waals surface area contributed by atoms with Gasteiger partial charge in [0.2, 0.25) is 0 Å². The van der Waals surface area contributed by atoms with Gasteiger partial charge in [-0.1, -0.05) is 421 Å².